The lowest BCUT2D eigenvalue weighted by Crippen LogP contribution is -2.45. The first-order chi connectivity index (χ1) is 15.3. The molecule has 2 aromatic rings. The van der Waals surface area contributed by atoms with Gasteiger partial charge in [0.05, 0.1) is 6.07 Å². The highest BCUT2D eigenvalue weighted by atomic mass is 19.3. The Morgan fingerprint density at radius 3 is 2.50 bits per heavy atom. The van der Waals surface area contributed by atoms with Crippen molar-refractivity contribution in [1.29, 1.82) is 5.26 Å². The lowest BCUT2D eigenvalue weighted by atomic mass is 9.85. The highest BCUT2D eigenvalue weighted by Crippen LogP contribution is 2.35. The van der Waals surface area contributed by atoms with Gasteiger partial charge in [0.15, 0.2) is 0 Å². The van der Waals surface area contributed by atoms with Gasteiger partial charge in [-0.25, -0.2) is 9.78 Å². The Morgan fingerprint density at radius 2 is 1.88 bits per heavy atom. The molecule has 1 N–H and O–H groups in total. The number of nitrogens with zero attached hydrogens (tertiary/aromatic N) is 3. The third kappa shape index (κ3) is 5.52. The maximum atomic E-state index is 13.5. The molecule has 6 nitrogen and oxygen atoms in total. The van der Waals surface area contributed by atoms with Crippen LogP contribution in [0.3, 0.4) is 0 Å². The zero-order valence-electron chi connectivity index (χ0n) is 18.5. The molecule has 0 aliphatic heterocycles. The quantitative estimate of drug-likeness (QED) is 0.575. The number of pyridine rings is 1. The van der Waals surface area contributed by atoms with Crippen molar-refractivity contribution in [3.05, 3.63) is 47.7 Å². The van der Waals surface area contributed by atoms with Gasteiger partial charge >= 0.3 is 12.6 Å². The van der Waals surface area contributed by atoms with Crippen LogP contribution in [-0.2, 0) is 0 Å². The van der Waals surface area contributed by atoms with Gasteiger partial charge in [0.2, 0.25) is 5.88 Å². The molecular weight excluding hydrogens is 414 g/mol. The number of amides is 2. The largest absolute Gasteiger partial charge is 0.415 e. The van der Waals surface area contributed by atoms with Gasteiger partial charge in [0.25, 0.3) is 0 Å². The molecule has 2 amide bonds. The Bertz CT molecular complexity index is 982. The summed E-state index contributed by atoms with van der Waals surface area (Å²) in [4.78, 5) is 19.2. The molecular formula is C24H28F2N4O2. The Balaban J connectivity index is 1.96. The normalized spacial score (nSPS) is 18.3. The fraction of sp³-hybridized carbons (Fsp3) is 0.458. The van der Waals surface area contributed by atoms with E-state index in [1.54, 1.807) is 17.9 Å². The van der Waals surface area contributed by atoms with Crippen molar-refractivity contribution < 1.29 is 18.3 Å². The molecule has 1 fully saturated rings. The molecule has 0 saturated heterocycles. The van der Waals surface area contributed by atoms with Crippen LogP contribution in [0.25, 0.3) is 0 Å². The predicted octanol–water partition coefficient (Wildman–Crippen LogP) is 6.24. The monoisotopic (exact) mass is 442 g/mol. The lowest BCUT2D eigenvalue weighted by Gasteiger charge is -2.37. The van der Waals surface area contributed by atoms with Gasteiger partial charge in [0, 0.05) is 23.3 Å². The third-order valence-corrected chi connectivity index (χ3v) is 5.72. The van der Waals surface area contributed by atoms with E-state index < -0.39 is 12.6 Å². The van der Waals surface area contributed by atoms with E-state index in [1.165, 1.54) is 6.07 Å². The summed E-state index contributed by atoms with van der Waals surface area (Å²) >= 11 is 0. The number of ether oxygens (including phenoxy) is 1. The summed E-state index contributed by atoms with van der Waals surface area (Å²) in [5.74, 6) is -0.154. The van der Waals surface area contributed by atoms with Gasteiger partial charge in [0.1, 0.15) is 5.69 Å². The number of anilines is 2. The van der Waals surface area contributed by atoms with Crippen molar-refractivity contribution in [2.45, 2.75) is 65.0 Å². The first-order valence-electron chi connectivity index (χ1n) is 10.8. The van der Waals surface area contributed by atoms with E-state index in [0.29, 0.717) is 31.4 Å². The molecule has 1 heterocycles. The Labute approximate surface area is 187 Å². The number of rotatable bonds is 6. The topological polar surface area (TPSA) is 78.2 Å². The number of carbonyl (C=O) groups excluding carboxylic acids is 1. The molecule has 3 rings (SSSR count). The number of hydrogen-bond donors (Lipinski definition) is 1. The SMILES string of the molecule is Cc1ccc(NC(=O)N(c2ccccc2C(C)C)C2CCC(C#N)CC2)c(OC(F)F)n1. The number of para-hydroxylation sites is 1. The summed E-state index contributed by atoms with van der Waals surface area (Å²) in [5.41, 5.74) is 2.36. The number of nitriles is 1. The van der Waals surface area contributed by atoms with Crippen molar-refractivity contribution in [3.63, 3.8) is 0 Å². The number of carbonyl (C=O) groups is 1. The molecule has 32 heavy (non-hydrogen) atoms. The lowest BCUT2D eigenvalue weighted by molar-refractivity contribution is -0.0523. The number of hydrogen-bond acceptors (Lipinski definition) is 4. The van der Waals surface area contributed by atoms with Crippen LogP contribution in [0.1, 0.15) is 56.7 Å². The Hall–Kier alpha value is -3.21. The van der Waals surface area contributed by atoms with Crippen LogP contribution >= 0.6 is 0 Å². The molecule has 0 atom stereocenters. The van der Waals surface area contributed by atoms with Gasteiger partial charge in [-0.2, -0.15) is 14.0 Å². The maximum Gasteiger partial charge on any atom is 0.388 e. The van der Waals surface area contributed by atoms with E-state index in [-0.39, 0.29) is 29.4 Å². The number of benzene rings is 1. The van der Waals surface area contributed by atoms with Crippen molar-refractivity contribution in [2.75, 3.05) is 10.2 Å². The van der Waals surface area contributed by atoms with Crippen LogP contribution in [0.15, 0.2) is 36.4 Å². The first-order valence-corrected chi connectivity index (χ1v) is 10.8. The predicted molar refractivity (Wildman–Crippen MR) is 119 cm³/mol. The van der Waals surface area contributed by atoms with E-state index in [2.05, 4.69) is 35.0 Å². The molecule has 1 aliphatic carbocycles. The molecule has 0 bridgehead atoms. The summed E-state index contributed by atoms with van der Waals surface area (Å²) in [7, 11) is 0. The van der Waals surface area contributed by atoms with Crippen LogP contribution in [0.5, 0.6) is 5.88 Å². The molecule has 1 aromatic heterocycles. The van der Waals surface area contributed by atoms with Crippen LogP contribution in [-0.4, -0.2) is 23.7 Å². The second-order valence-corrected chi connectivity index (χ2v) is 8.33. The van der Waals surface area contributed by atoms with Crippen LogP contribution in [0.2, 0.25) is 0 Å². The second kappa shape index (κ2) is 10.4. The number of nitrogens with one attached hydrogen (secondary N) is 1. The van der Waals surface area contributed by atoms with Crippen LogP contribution in [0, 0.1) is 24.2 Å². The number of alkyl halides is 2. The third-order valence-electron chi connectivity index (χ3n) is 5.72. The van der Waals surface area contributed by atoms with E-state index in [0.717, 1.165) is 11.3 Å². The van der Waals surface area contributed by atoms with Crippen LogP contribution in [0.4, 0.5) is 25.0 Å². The average molecular weight is 443 g/mol. The molecule has 0 unspecified atom stereocenters. The van der Waals surface area contributed by atoms with E-state index in [9.17, 15) is 18.8 Å². The molecule has 170 valence electrons. The summed E-state index contributed by atoms with van der Waals surface area (Å²) in [6, 6.07) is 12.6. The first kappa shape index (κ1) is 23.5. The fourth-order valence-electron chi connectivity index (χ4n) is 4.11. The number of halogens is 2. The maximum absolute atomic E-state index is 13.5. The van der Waals surface area contributed by atoms with Gasteiger partial charge in [-0.1, -0.05) is 32.0 Å². The zero-order valence-corrected chi connectivity index (χ0v) is 18.5. The molecule has 8 heteroatoms. The smallest absolute Gasteiger partial charge is 0.388 e. The van der Waals surface area contributed by atoms with Crippen molar-refractivity contribution in [3.8, 4) is 11.9 Å². The molecule has 1 aromatic carbocycles. The minimum Gasteiger partial charge on any atom is -0.415 e. The van der Waals surface area contributed by atoms with Crippen LogP contribution < -0.4 is 15.0 Å². The Morgan fingerprint density at radius 1 is 1.19 bits per heavy atom. The van der Waals surface area contributed by atoms with Gasteiger partial charge in [-0.05, 0) is 62.3 Å². The highest BCUT2D eigenvalue weighted by Gasteiger charge is 2.32. The standard InChI is InChI=1S/C24H28F2N4O2/c1-15(2)19-6-4-5-7-21(19)30(18-11-9-17(14-27)10-12-18)24(31)29-20-13-8-16(3)28-22(20)32-23(25)26/h4-8,13,15,17-18,23H,9-12H2,1-3H3,(H,29,31). The van der Waals surface area contributed by atoms with Crippen molar-refractivity contribution >= 4 is 17.4 Å². The van der Waals surface area contributed by atoms with Crippen molar-refractivity contribution in [2.24, 2.45) is 5.92 Å². The van der Waals surface area contributed by atoms with E-state index in [1.807, 2.05) is 24.3 Å². The highest BCUT2D eigenvalue weighted by molar-refractivity contribution is 6.03. The minimum absolute atomic E-state index is 0.0103. The van der Waals surface area contributed by atoms with Gasteiger partial charge in [-0.3, -0.25) is 4.90 Å². The summed E-state index contributed by atoms with van der Waals surface area (Å²) in [5, 5.41) is 12.0. The number of urea groups is 1. The summed E-state index contributed by atoms with van der Waals surface area (Å²) < 4.78 is 30.3. The Kier molecular flexibility index (Phi) is 7.62. The van der Waals surface area contributed by atoms with Gasteiger partial charge < -0.3 is 10.1 Å². The summed E-state index contributed by atoms with van der Waals surface area (Å²) in [6.45, 7) is 2.71. The average Bonchev–Trinajstić information content (AvgIpc) is 2.76. The molecule has 1 saturated carbocycles. The minimum atomic E-state index is -3.06. The van der Waals surface area contributed by atoms with E-state index in [4.69, 9.17) is 0 Å². The zero-order chi connectivity index (χ0) is 23.3. The number of aromatic nitrogens is 1. The summed E-state index contributed by atoms with van der Waals surface area (Å²) in [6.07, 6.45) is 2.79. The van der Waals surface area contributed by atoms with E-state index >= 15 is 0 Å². The molecule has 1 aliphatic rings. The van der Waals surface area contributed by atoms with Crippen molar-refractivity contribution in [1.82, 2.24) is 4.98 Å². The molecule has 0 radical (unpaired) electrons. The fourth-order valence-corrected chi connectivity index (χ4v) is 4.11. The molecule has 0 spiro atoms. The number of aryl methyl sites for hydroxylation is 1. The van der Waals surface area contributed by atoms with Gasteiger partial charge in [-0.15, -0.1) is 0 Å². The second-order valence-electron chi connectivity index (χ2n) is 8.33.